The number of alkyl halides is 3. The summed E-state index contributed by atoms with van der Waals surface area (Å²) < 4.78 is 38.1. The molecule has 2 rings (SSSR count). The van der Waals surface area contributed by atoms with E-state index in [0.717, 1.165) is 17.7 Å². The maximum absolute atomic E-state index is 12.7. The van der Waals surface area contributed by atoms with Gasteiger partial charge in [0.2, 0.25) is 0 Å². The van der Waals surface area contributed by atoms with Gasteiger partial charge in [-0.25, -0.2) is 9.97 Å². The fraction of sp³-hybridized carbons (Fsp3) is 0.333. The molecule has 6 heteroatoms. The molecule has 0 amide bonds. The number of rotatable bonds is 3. The van der Waals surface area contributed by atoms with Crippen molar-refractivity contribution in [3.63, 3.8) is 0 Å². The summed E-state index contributed by atoms with van der Waals surface area (Å²) in [6, 6.07) is 3.68. The van der Waals surface area contributed by atoms with Gasteiger partial charge < -0.3 is 5.32 Å². The average molecular weight is 295 g/mol. The lowest BCUT2D eigenvalue weighted by molar-refractivity contribution is -0.137. The van der Waals surface area contributed by atoms with Crippen LogP contribution < -0.4 is 5.32 Å². The first-order valence-corrected chi connectivity index (χ1v) is 6.58. The molecular weight excluding hydrogens is 279 g/mol. The van der Waals surface area contributed by atoms with Crippen molar-refractivity contribution < 1.29 is 13.2 Å². The molecule has 0 atom stereocenters. The van der Waals surface area contributed by atoms with Gasteiger partial charge in [-0.1, -0.05) is 6.07 Å². The Morgan fingerprint density at radius 1 is 1.14 bits per heavy atom. The van der Waals surface area contributed by atoms with E-state index in [2.05, 4.69) is 15.3 Å². The van der Waals surface area contributed by atoms with E-state index in [1.807, 2.05) is 13.8 Å². The van der Waals surface area contributed by atoms with Gasteiger partial charge in [0.1, 0.15) is 12.1 Å². The van der Waals surface area contributed by atoms with E-state index in [-0.39, 0.29) is 0 Å². The van der Waals surface area contributed by atoms with Crippen LogP contribution in [-0.4, -0.2) is 16.5 Å². The van der Waals surface area contributed by atoms with Crippen LogP contribution in [0.2, 0.25) is 0 Å². The average Bonchev–Trinajstić information content (AvgIpc) is 2.41. The molecule has 2 aromatic rings. The standard InChI is InChI=1S/C15H16F3N3/c1-4-19-14-10(3)13(20-8-21-14)12-6-5-11(7-9(12)2)15(16,17)18/h5-8H,4H2,1-3H3,(H,19,20,21). The second-order valence-corrected chi connectivity index (χ2v) is 4.75. The first kappa shape index (κ1) is 15.3. The highest BCUT2D eigenvalue weighted by molar-refractivity contribution is 5.70. The molecule has 1 aromatic carbocycles. The number of hydrogen-bond donors (Lipinski definition) is 1. The minimum absolute atomic E-state index is 0.536. The Balaban J connectivity index is 2.50. The molecule has 1 aromatic heterocycles. The van der Waals surface area contributed by atoms with Crippen molar-refractivity contribution in [1.29, 1.82) is 0 Å². The molecule has 1 heterocycles. The topological polar surface area (TPSA) is 37.8 Å². The van der Waals surface area contributed by atoms with Gasteiger partial charge in [0.25, 0.3) is 0 Å². The highest BCUT2D eigenvalue weighted by Gasteiger charge is 2.30. The number of nitrogens with zero attached hydrogens (tertiary/aromatic N) is 2. The number of aryl methyl sites for hydroxylation is 1. The van der Waals surface area contributed by atoms with Crippen molar-refractivity contribution in [2.45, 2.75) is 26.9 Å². The smallest absolute Gasteiger partial charge is 0.370 e. The maximum atomic E-state index is 12.7. The van der Waals surface area contributed by atoms with Crippen LogP contribution in [0.4, 0.5) is 19.0 Å². The Morgan fingerprint density at radius 3 is 2.43 bits per heavy atom. The molecule has 0 bridgehead atoms. The molecule has 0 aliphatic heterocycles. The molecule has 0 aliphatic rings. The van der Waals surface area contributed by atoms with Crippen molar-refractivity contribution >= 4 is 5.82 Å². The Kier molecular flexibility index (Phi) is 4.16. The lowest BCUT2D eigenvalue weighted by atomic mass is 9.99. The summed E-state index contributed by atoms with van der Waals surface area (Å²) in [5.74, 6) is 0.696. The highest BCUT2D eigenvalue weighted by Crippen LogP contribution is 2.34. The summed E-state index contributed by atoms with van der Waals surface area (Å²) in [5, 5.41) is 3.11. The second-order valence-electron chi connectivity index (χ2n) is 4.75. The van der Waals surface area contributed by atoms with Crippen molar-refractivity contribution in [3.05, 3.63) is 41.2 Å². The number of nitrogens with one attached hydrogen (secondary N) is 1. The second kappa shape index (κ2) is 5.71. The zero-order chi connectivity index (χ0) is 15.6. The van der Waals surface area contributed by atoms with Gasteiger partial charge in [-0.2, -0.15) is 13.2 Å². The van der Waals surface area contributed by atoms with Gasteiger partial charge in [0.15, 0.2) is 0 Å². The van der Waals surface area contributed by atoms with Crippen molar-refractivity contribution in [1.82, 2.24) is 9.97 Å². The van der Waals surface area contributed by atoms with Gasteiger partial charge in [-0.15, -0.1) is 0 Å². The van der Waals surface area contributed by atoms with Crippen LogP contribution in [-0.2, 0) is 6.18 Å². The van der Waals surface area contributed by atoms with E-state index in [9.17, 15) is 13.2 Å². The van der Waals surface area contributed by atoms with Gasteiger partial charge in [-0.3, -0.25) is 0 Å². The summed E-state index contributed by atoms with van der Waals surface area (Å²) in [6.45, 7) is 6.16. The van der Waals surface area contributed by atoms with Crippen molar-refractivity contribution in [2.24, 2.45) is 0 Å². The lowest BCUT2D eigenvalue weighted by Gasteiger charge is -2.14. The first-order valence-electron chi connectivity index (χ1n) is 6.58. The molecule has 0 unspecified atom stereocenters. The summed E-state index contributed by atoms with van der Waals surface area (Å²) in [6.07, 6.45) is -2.92. The fourth-order valence-electron chi connectivity index (χ4n) is 2.17. The maximum Gasteiger partial charge on any atom is 0.416 e. The first-order chi connectivity index (χ1) is 9.84. The third kappa shape index (κ3) is 3.15. The minimum Gasteiger partial charge on any atom is -0.370 e. The van der Waals surface area contributed by atoms with Crippen LogP contribution in [0.3, 0.4) is 0 Å². The molecule has 0 spiro atoms. The predicted octanol–water partition coefficient (Wildman–Crippen LogP) is 4.21. The van der Waals surface area contributed by atoms with Crippen LogP contribution in [0.25, 0.3) is 11.3 Å². The van der Waals surface area contributed by atoms with Gasteiger partial charge >= 0.3 is 6.18 Å². The van der Waals surface area contributed by atoms with Gasteiger partial charge in [0, 0.05) is 17.7 Å². The van der Waals surface area contributed by atoms with E-state index < -0.39 is 11.7 Å². The molecule has 1 N–H and O–H groups in total. The zero-order valence-corrected chi connectivity index (χ0v) is 12.0. The number of benzene rings is 1. The van der Waals surface area contributed by atoms with Crippen LogP contribution in [0, 0.1) is 13.8 Å². The number of anilines is 1. The highest BCUT2D eigenvalue weighted by atomic mass is 19.4. The molecule has 0 fully saturated rings. The minimum atomic E-state index is -4.33. The summed E-state index contributed by atoms with van der Waals surface area (Å²) >= 11 is 0. The van der Waals surface area contributed by atoms with E-state index in [1.165, 1.54) is 12.4 Å². The quantitative estimate of drug-likeness (QED) is 0.921. The zero-order valence-electron chi connectivity index (χ0n) is 12.0. The lowest BCUT2D eigenvalue weighted by Crippen LogP contribution is -2.06. The molecule has 0 aliphatic carbocycles. The van der Waals surface area contributed by atoms with E-state index in [0.29, 0.717) is 29.2 Å². The number of hydrogen-bond acceptors (Lipinski definition) is 3. The Labute approximate surface area is 121 Å². The molecule has 3 nitrogen and oxygen atoms in total. The Bertz CT molecular complexity index is 651. The van der Waals surface area contributed by atoms with E-state index in [1.54, 1.807) is 6.92 Å². The number of halogens is 3. The third-order valence-corrected chi connectivity index (χ3v) is 3.24. The molecule has 0 saturated heterocycles. The molecule has 112 valence electrons. The monoisotopic (exact) mass is 295 g/mol. The summed E-state index contributed by atoms with van der Waals surface area (Å²) in [5.41, 5.74) is 2.04. The predicted molar refractivity (Wildman–Crippen MR) is 76.1 cm³/mol. The molecule has 21 heavy (non-hydrogen) atoms. The molecule has 0 saturated carbocycles. The van der Waals surface area contributed by atoms with Crippen LogP contribution in [0.15, 0.2) is 24.5 Å². The largest absolute Gasteiger partial charge is 0.416 e. The van der Waals surface area contributed by atoms with Crippen LogP contribution in [0.1, 0.15) is 23.6 Å². The molecule has 0 radical (unpaired) electrons. The Hall–Kier alpha value is -2.11. The van der Waals surface area contributed by atoms with Gasteiger partial charge in [0.05, 0.1) is 11.3 Å². The molecular formula is C15H16F3N3. The summed E-state index contributed by atoms with van der Waals surface area (Å²) in [4.78, 5) is 8.35. The third-order valence-electron chi connectivity index (χ3n) is 3.24. The van der Waals surface area contributed by atoms with E-state index >= 15 is 0 Å². The van der Waals surface area contributed by atoms with Crippen LogP contribution in [0.5, 0.6) is 0 Å². The van der Waals surface area contributed by atoms with Crippen molar-refractivity contribution in [2.75, 3.05) is 11.9 Å². The van der Waals surface area contributed by atoms with Crippen molar-refractivity contribution in [3.8, 4) is 11.3 Å². The van der Waals surface area contributed by atoms with E-state index in [4.69, 9.17) is 0 Å². The van der Waals surface area contributed by atoms with Gasteiger partial charge in [-0.05, 0) is 38.5 Å². The number of aromatic nitrogens is 2. The SMILES string of the molecule is CCNc1ncnc(-c2ccc(C(F)(F)F)cc2C)c1C. The fourth-order valence-corrected chi connectivity index (χ4v) is 2.17. The Morgan fingerprint density at radius 2 is 1.86 bits per heavy atom. The normalized spacial score (nSPS) is 11.5. The summed E-state index contributed by atoms with van der Waals surface area (Å²) in [7, 11) is 0. The van der Waals surface area contributed by atoms with Crippen LogP contribution >= 0.6 is 0 Å².